The van der Waals surface area contributed by atoms with E-state index in [2.05, 4.69) is 9.98 Å². The lowest BCUT2D eigenvalue weighted by atomic mass is 9.93. The summed E-state index contributed by atoms with van der Waals surface area (Å²) in [7, 11) is 0. The fraction of sp³-hybridized carbons (Fsp3) is 0.364. The van der Waals surface area contributed by atoms with Crippen LogP contribution in [0.2, 0.25) is 5.15 Å². The molecule has 0 saturated carbocycles. The fourth-order valence-corrected chi connectivity index (χ4v) is 2.19. The topological polar surface area (TPSA) is 104 Å². The van der Waals surface area contributed by atoms with Crippen LogP contribution in [0.4, 0.5) is 4.39 Å². The predicted molar refractivity (Wildman–Crippen MR) is 67.9 cm³/mol. The van der Waals surface area contributed by atoms with Crippen molar-refractivity contribution < 1.29 is 13.9 Å². The Bertz CT molecular complexity index is 551. The molecule has 19 heavy (non-hydrogen) atoms. The van der Waals surface area contributed by atoms with Crippen molar-refractivity contribution >= 4 is 23.3 Å². The van der Waals surface area contributed by atoms with Crippen LogP contribution in [0.3, 0.4) is 0 Å². The van der Waals surface area contributed by atoms with Crippen molar-refractivity contribution in [3.05, 3.63) is 28.5 Å². The van der Waals surface area contributed by atoms with Crippen molar-refractivity contribution in [1.29, 1.82) is 0 Å². The number of amidine groups is 1. The SMILES string of the molecule is NC(=O)c1ccc(C2(CF)COCC(N)=N2)c(Cl)n1. The third-order valence-corrected chi connectivity index (χ3v) is 3.06. The summed E-state index contributed by atoms with van der Waals surface area (Å²) in [4.78, 5) is 18.9. The summed E-state index contributed by atoms with van der Waals surface area (Å²) >= 11 is 5.97. The van der Waals surface area contributed by atoms with E-state index in [4.69, 9.17) is 27.8 Å². The predicted octanol–water partition coefficient (Wildman–Crippen LogP) is 0.386. The van der Waals surface area contributed by atoms with Gasteiger partial charge in [0.1, 0.15) is 35.5 Å². The van der Waals surface area contributed by atoms with Crippen LogP contribution < -0.4 is 11.5 Å². The molecular weight excluding hydrogens is 275 g/mol. The lowest BCUT2D eigenvalue weighted by Gasteiger charge is -2.31. The molecule has 2 heterocycles. The van der Waals surface area contributed by atoms with Gasteiger partial charge in [0.25, 0.3) is 5.91 Å². The number of hydrogen-bond donors (Lipinski definition) is 2. The maximum atomic E-state index is 13.4. The maximum absolute atomic E-state index is 13.4. The molecule has 8 heteroatoms. The van der Waals surface area contributed by atoms with Gasteiger partial charge in [-0.1, -0.05) is 17.7 Å². The second-order valence-electron chi connectivity index (χ2n) is 4.16. The summed E-state index contributed by atoms with van der Waals surface area (Å²) in [6, 6.07) is 2.82. The normalized spacial score (nSPS) is 22.9. The van der Waals surface area contributed by atoms with E-state index in [9.17, 15) is 9.18 Å². The molecule has 0 radical (unpaired) electrons. The van der Waals surface area contributed by atoms with Crippen molar-refractivity contribution in [2.75, 3.05) is 19.9 Å². The zero-order valence-electron chi connectivity index (χ0n) is 9.90. The molecule has 1 aromatic heterocycles. The minimum atomic E-state index is -1.32. The number of primary amides is 1. The molecule has 1 unspecified atom stereocenters. The van der Waals surface area contributed by atoms with Gasteiger partial charge in [-0.15, -0.1) is 0 Å². The molecule has 1 aliphatic heterocycles. The third-order valence-electron chi connectivity index (χ3n) is 2.77. The largest absolute Gasteiger partial charge is 0.385 e. The number of nitrogens with two attached hydrogens (primary N) is 2. The number of pyridine rings is 1. The molecular formula is C11H12ClFN4O2. The van der Waals surface area contributed by atoms with Crippen LogP contribution in [0.5, 0.6) is 0 Å². The van der Waals surface area contributed by atoms with Gasteiger partial charge >= 0.3 is 0 Å². The highest BCUT2D eigenvalue weighted by Crippen LogP contribution is 2.33. The summed E-state index contributed by atoms with van der Waals surface area (Å²) in [5.74, 6) is -0.537. The molecule has 0 spiro atoms. The van der Waals surface area contributed by atoms with Crippen molar-refractivity contribution in [1.82, 2.24) is 4.98 Å². The Morgan fingerprint density at radius 2 is 2.32 bits per heavy atom. The zero-order valence-corrected chi connectivity index (χ0v) is 10.7. The minimum absolute atomic E-state index is 0.00151. The van der Waals surface area contributed by atoms with E-state index < -0.39 is 18.1 Å². The summed E-state index contributed by atoms with van der Waals surface area (Å²) in [5.41, 5.74) is 9.65. The van der Waals surface area contributed by atoms with Gasteiger partial charge in [-0.3, -0.25) is 9.79 Å². The highest BCUT2D eigenvalue weighted by atomic mass is 35.5. The van der Waals surface area contributed by atoms with Gasteiger partial charge in [-0.05, 0) is 6.07 Å². The summed E-state index contributed by atoms with van der Waals surface area (Å²) < 4.78 is 18.6. The number of halogens is 2. The van der Waals surface area contributed by atoms with Crippen LogP contribution in [0.1, 0.15) is 16.1 Å². The van der Waals surface area contributed by atoms with E-state index in [0.29, 0.717) is 5.56 Å². The van der Waals surface area contributed by atoms with Gasteiger partial charge in [0.15, 0.2) is 0 Å². The minimum Gasteiger partial charge on any atom is -0.385 e. The quantitative estimate of drug-likeness (QED) is 0.784. The van der Waals surface area contributed by atoms with Gasteiger partial charge in [-0.2, -0.15) is 0 Å². The van der Waals surface area contributed by atoms with Crippen LogP contribution in [-0.4, -0.2) is 36.6 Å². The first-order valence-corrected chi connectivity index (χ1v) is 5.81. The Morgan fingerprint density at radius 3 is 2.84 bits per heavy atom. The molecule has 4 N–H and O–H groups in total. The molecule has 0 bridgehead atoms. The van der Waals surface area contributed by atoms with Gasteiger partial charge in [0.05, 0.1) is 6.61 Å². The second kappa shape index (κ2) is 5.10. The highest BCUT2D eigenvalue weighted by molar-refractivity contribution is 6.30. The molecule has 6 nitrogen and oxygen atoms in total. The molecule has 0 aromatic carbocycles. The Labute approximate surface area is 113 Å². The van der Waals surface area contributed by atoms with Gasteiger partial charge < -0.3 is 16.2 Å². The van der Waals surface area contributed by atoms with E-state index in [1.165, 1.54) is 12.1 Å². The van der Waals surface area contributed by atoms with Gasteiger partial charge in [0, 0.05) is 5.56 Å². The van der Waals surface area contributed by atoms with Crippen molar-refractivity contribution in [3.63, 3.8) is 0 Å². The van der Waals surface area contributed by atoms with Gasteiger partial charge in [0.2, 0.25) is 0 Å². The van der Waals surface area contributed by atoms with Crippen LogP contribution in [-0.2, 0) is 10.3 Å². The smallest absolute Gasteiger partial charge is 0.267 e. The molecule has 1 amide bonds. The first-order chi connectivity index (χ1) is 8.98. The standard InChI is InChI=1S/C11H12ClFN4O2/c12-9-6(1-2-7(16-9)10(15)18)11(4-13)5-19-3-8(14)17-11/h1-2H,3-5H2,(H2,14,17)(H2,15,18). The third kappa shape index (κ3) is 2.52. The van der Waals surface area contributed by atoms with Gasteiger partial charge in [-0.25, -0.2) is 9.37 Å². The Morgan fingerprint density at radius 1 is 1.58 bits per heavy atom. The molecule has 0 aliphatic carbocycles. The van der Waals surface area contributed by atoms with Crippen LogP contribution in [0.25, 0.3) is 0 Å². The maximum Gasteiger partial charge on any atom is 0.267 e. The van der Waals surface area contributed by atoms with Crippen molar-refractivity contribution in [3.8, 4) is 0 Å². The molecule has 0 fully saturated rings. The number of aliphatic imine (C=N–C) groups is 1. The van der Waals surface area contributed by atoms with Crippen LogP contribution in [0, 0.1) is 0 Å². The Balaban J connectivity index is 2.50. The average Bonchev–Trinajstić information content (AvgIpc) is 2.38. The number of alkyl halides is 1. The number of carbonyl (C=O) groups is 1. The van der Waals surface area contributed by atoms with E-state index in [1.54, 1.807) is 0 Å². The number of hydrogen-bond acceptors (Lipinski definition) is 5. The molecule has 1 aromatic rings. The molecule has 0 saturated heterocycles. The fourth-order valence-electron chi connectivity index (χ4n) is 1.86. The summed E-state index contributed by atoms with van der Waals surface area (Å²) in [6.45, 7) is -0.696. The highest BCUT2D eigenvalue weighted by Gasteiger charge is 2.38. The summed E-state index contributed by atoms with van der Waals surface area (Å²) in [5, 5.41) is -0.0454. The number of rotatable bonds is 3. The van der Waals surface area contributed by atoms with E-state index in [-0.39, 0.29) is 29.9 Å². The first kappa shape index (κ1) is 13.7. The number of carbonyl (C=O) groups excluding carboxylic acids is 1. The molecule has 2 rings (SSSR count). The molecule has 1 aliphatic rings. The first-order valence-electron chi connectivity index (χ1n) is 5.43. The van der Waals surface area contributed by atoms with Crippen LogP contribution in [0.15, 0.2) is 17.1 Å². The lowest BCUT2D eigenvalue weighted by Crippen LogP contribution is -2.41. The van der Waals surface area contributed by atoms with Crippen LogP contribution >= 0.6 is 11.6 Å². The number of aromatic nitrogens is 1. The Kier molecular flexibility index (Phi) is 3.68. The zero-order chi connectivity index (χ0) is 14.0. The average molecular weight is 287 g/mol. The molecule has 102 valence electrons. The van der Waals surface area contributed by atoms with E-state index >= 15 is 0 Å². The number of amides is 1. The molecule has 1 atom stereocenters. The number of nitrogens with zero attached hydrogens (tertiary/aromatic N) is 2. The van der Waals surface area contributed by atoms with Crippen molar-refractivity contribution in [2.24, 2.45) is 16.5 Å². The second-order valence-corrected chi connectivity index (χ2v) is 4.52. The van der Waals surface area contributed by atoms with E-state index in [0.717, 1.165) is 0 Å². The number of ether oxygens (including phenoxy) is 1. The van der Waals surface area contributed by atoms with E-state index in [1.807, 2.05) is 0 Å². The Hall–Kier alpha value is -1.73. The summed E-state index contributed by atoms with van der Waals surface area (Å²) in [6.07, 6.45) is 0. The lowest BCUT2D eigenvalue weighted by molar-refractivity contribution is 0.0826. The monoisotopic (exact) mass is 286 g/mol. The van der Waals surface area contributed by atoms with Crippen molar-refractivity contribution in [2.45, 2.75) is 5.54 Å².